The molecule has 44 heteroatoms. The summed E-state index contributed by atoms with van der Waals surface area (Å²) in [5, 5.41) is 0. The highest BCUT2D eigenvalue weighted by Gasteiger charge is 2.76. The molecule has 768 valence electrons. The maximum absolute atomic E-state index is 14.0. The van der Waals surface area contributed by atoms with E-state index in [-0.39, 0.29) is 60.6 Å². The summed E-state index contributed by atoms with van der Waals surface area (Å²) >= 11 is 0. The molecule has 2 heterocycles. The zero-order valence-corrected chi connectivity index (χ0v) is 79.4. The lowest BCUT2D eigenvalue weighted by Crippen LogP contribution is -2.58. The van der Waals surface area contributed by atoms with Gasteiger partial charge >= 0.3 is 59.9 Å². The fourth-order valence-corrected chi connectivity index (χ4v) is 17.2. The third-order valence-electron chi connectivity index (χ3n) is 27.0. The second-order valence-electron chi connectivity index (χ2n) is 38.5. The Bertz CT molecular complexity index is 5420. The van der Waals surface area contributed by atoms with E-state index in [0.717, 1.165) is 36.2 Å². The average molecular weight is 2020 g/mol. The van der Waals surface area contributed by atoms with Crippen molar-refractivity contribution in [2.24, 2.45) is 67.5 Å². The first-order valence-electron chi connectivity index (χ1n) is 43.9. The second-order valence-corrected chi connectivity index (χ2v) is 40.2. The van der Waals surface area contributed by atoms with Gasteiger partial charge in [0.05, 0.1) is 33.7 Å². The number of benzene rings is 5. The predicted octanol–water partition coefficient (Wildman–Crippen LogP) is 22.1. The third-order valence-corrected chi connectivity index (χ3v) is 28.4. The minimum Gasteiger partial charge on any atom is -0.463 e. The van der Waals surface area contributed by atoms with Crippen molar-refractivity contribution in [2.45, 2.75) is 275 Å². The summed E-state index contributed by atoms with van der Waals surface area (Å²) in [6.07, 6.45) is 3.35. The fourth-order valence-electron chi connectivity index (χ4n) is 16.1. The molecule has 5 aromatic carbocycles. The van der Waals surface area contributed by atoms with Gasteiger partial charge in [0.25, 0.3) is 0 Å². The molecule has 0 spiro atoms. The van der Waals surface area contributed by atoms with E-state index in [1.54, 1.807) is 65.8 Å². The number of esters is 9. The molecule has 2 saturated heterocycles. The number of carbonyl (C=O) groups is 9. The molecule has 7 atom stereocenters. The lowest BCUT2D eigenvalue weighted by Gasteiger charge is -2.61. The molecule has 8 fully saturated rings. The Labute approximate surface area is 780 Å². The van der Waals surface area contributed by atoms with Crippen molar-refractivity contribution in [1.82, 2.24) is 4.72 Å². The highest BCUT2D eigenvalue weighted by molar-refractivity contribution is 7.89. The summed E-state index contributed by atoms with van der Waals surface area (Å²) in [5.74, 6) is -55.9. The quantitative estimate of drug-likeness (QED) is 0.0102. The molecule has 0 amide bonds. The van der Waals surface area contributed by atoms with E-state index < -0.39 is 260 Å². The van der Waals surface area contributed by atoms with Crippen molar-refractivity contribution in [3.63, 3.8) is 0 Å². The normalized spacial score (nSPS) is 21.5. The van der Waals surface area contributed by atoms with Gasteiger partial charge in [-0.3, -0.25) is 33.6 Å². The Hall–Kier alpha value is -10.3. The Morgan fingerprint density at radius 2 is 0.833 bits per heavy atom. The van der Waals surface area contributed by atoms with Gasteiger partial charge in [0.2, 0.25) is 109 Å². The smallest absolute Gasteiger partial charge is 0.422 e. The van der Waals surface area contributed by atoms with Crippen LogP contribution in [0.5, 0.6) is 17.2 Å². The van der Waals surface area contributed by atoms with Crippen LogP contribution in [0.25, 0.3) is 0 Å². The standard InChI is InChI=1S/C23H21F5O8.C19H32O2.C17H16F5NO2S.C13H11F7O2.C12H11F5O2.C10H16O4/c1-4-22(2,3)19(30)33-7-10(29)34-16-8-5-9-17(16)35-20(31)23(9,6-8)21(32)36-18-14(27)12(25)11(24)13(26)15(18)28;1-6-17(2,3)16(20)21-18(4,5)19-10-13-7-14(11-19)9-15(8-13)12-19;1-3-9(2)11-6-4-10(5-7-11)8-23-26(24,25)17-15(21)13(19)12(18)14(20)16(17)22;1-4-12(2,3)11(21)22-10-8(16)6(14)5(13(18,19)20)7(15)9(10)17;1-4-12(2,3)11(18)19-10-8(16)6(14)5(13)7(15)9(10)17;1-4-10(2,3)9(12)14-7-5-6-13-8(7)11/h8-9,16-17H,4-7H2,1-3H3;13-15H,6-12H2,1-5H3;4-7,9,23H,3,8H2,1-2H3;4H2,1-3H3;4H2,1-3H3;7H,4-6H2,1-3H3. The first-order valence-corrected chi connectivity index (χ1v) is 45.4. The van der Waals surface area contributed by atoms with Gasteiger partial charge in [-0.1, -0.05) is 72.7 Å². The molecule has 8 aliphatic rings. The van der Waals surface area contributed by atoms with E-state index >= 15 is 0 Å². The highest BCUT2D eigenvalue weighted by Crippen LogP contribution is 2.66. The molecule has 1 N–H and O–H groups in total. The van der Waals surface area contributed by atoms with Crippen LogP contribution < -0.4 is 18.9 Å². The summed E-state index contributed by atoms with van der Waals surface area (Å²) in [7, 11) is -4.96. The van der Waals surface area contributed by atoms with Crippen LogP contribution in [0.4, 0.5) is 96.6 Å². The monoisotopic (exact) mass is 2020 g/mol. The molecule has 6 bridgehead atoms. The highest BCUT2D eigenvalue weighted by atomic mass is 32.2. The zero-order valence-electron chi connectivity index (χ0n) is 78.6. The molecule has 6 saturated carbocycles. The van der Waals surface area contributed by atoms with Crippen LogP contribution in [0.1, 0.15) is 250 Å². The number of hydrogen-bond acceptors (Lipinski definition) is 20. The summed E-state index contributed by atoms with van der Waals surface area (Å²) in [5.41, 5.74) is -7.43. The molecular weight excluding hydrogens is 1910 g/mol. The first kappa shape index (κ1) is 115. The number of cyclic esters (lactones) is 1. The van der Waals surface area contributed by atoms with E-state index in [4.69, 9.17) is 28.4 Å². The SMILES string of the molecule is CCC(C)(C)C(=O)OC(C)(C)C12CC3CC(CC(C3)C1)C2.CCC(C)(C)C(=O)OC1CCOC1=O.CCC(C)(C)C(=O)OCC(=O)OC1C2CC3C1OC(=O)C3(C(=O)Oc1c(F)c(F)c(F)c(F)c1F)C2.CCC(C)(C)C(=O)Oc1c(F)c(F)c(C(F)(F)F)c(F)c1F.CCC(C)(C)C(=O)Oc1c(F)c(F)c(F)c(F)c1F.CCC(C)c1ccc(CNS(=O)(=O)c2c(F)c(F)c(F)c(F)c2F)cc1. The fraction of sp³-hybridized carbons (Fsp3) is 0.585. The number of halogens is 22. The molecule has 0 aromatic heterocycles. The van der Waals surface area contributed by atoms with Gasteiger partial charge in [-0.25, -0.2) is 79.8 Å². The number of nitrogens with one attached hydrogen (secondary N) is 1. The Morgan fingerprint density at radius 1 is 0.464 bits per heavy atom. The number of rotatable bonds is 26. The van der Waals surface area contributed by atoms with Crippen LogP contribution in [0, 0.1) is 178 Å². The molecule has 6 aliphatic carbocycles. The molecule has 2 aliphatic heterocycles. The lowest BCUT2D eigenvalue weighted by atomic mass is 9.46. The van der Waals surface area contributed by atoms with Crippen molar-refractivity contribution < 1.29 is 191 Å². The van der Waals surface area contributed by atoms with Gasteiger partial charge in [-0.15, -0.1) is 0 Å². The van der Waals surface area contributed by atoms with Crippen LogP contribution in [0.15, 0.2) is 29.2 Å². The van der Waals surface area contributed by atoms with Crippen LogP contribution in [0.3, 0.4) is 0 Å². The van der Waals surface area contributed by atoms with Crippen molar-refractivity contribution in [3.05, 3.63) is 151 Å². The van der Waals surface area contributed by atoms with Gasteiger partial charge in [0.1, 0.15) is 23.4 Å². The topological polar surface area (TPSA) is 283 Å². The predicted molar refractivity (Wildman–Crippen MR) is 442 cm³/mol. The van der Waals surface area contributed by atoms with Crippen molar-refractivity contribution in [1.29, 1.82) is 0 Å². The number of alkyl halides is 3. The molecule has 0 radical (unpaired) electrons. The molecule has 138 heavy (non-hydrogen) atoms. The van der Waals surface area contributed by atoms with E-state index in [2.05, 4.69) is 35.0 Å². The molecular formula is C94H107F22NO20S. The van der Waals surface area contributed by atoms with E-state index in [0.29, 0.717) is 37.4 Å². The molecule has 7 unspecified atom stereocenters. The zero-order chi connectivity index (χ0) is 105. The Kier molecular flexibility index (Phi) is 36.4. The number of sulfonamides is 1. The van der Waals surface area contributed by atoms with Gasteiger partial charge in [-0.05, 0) is 208 Å². The maximum Gasteiger partial charge on any atom is 0.422 e. The molecule has 21 nitrogen and oxygen atoms in total. The minimum absolute atomic E-state index is 0.00857. The summed E-state index contributed by atoms with van der Waals surface area (Å²) in [6.45, 7) is 32.9. The number of hydrogen-bond donors (Lipinski definition) is 1. The maximum atomic E-state index is 14.0. The number of ether oxygens (including phenoxy) is 9. The molecule has 13 rings (SSSR count). The van der Waals surface area contributed by atoms with Gasteiger partial charge in [0, 0.05) is 30.2 Å². The van der Waals surface area contributed by atoms with Crippen LogP contribution in [-0.2, 0) is 94.3 Å². The average Bonchev–Trinajstić information content (AvgIpc) is 1.52. The van der Waals surface area contributed by atoms with Crippen molar-refractivity contribution in [2.75, 3.05) is 13.2 Å². The lowest BCUT2D eigenvalue weighted by molar-refractivity contribution is -0.206. The summed E-state index contributed by atoms with van der Waals surface area (Å²) in [4.78, 5) is 106. The summed E-state index contributed by atoms with van der Waals surface area (Å²) < 4.78 is 361. The van der Waals surface area contributed by atoms with Gasteiger partial charge in [0.15, 0.2) is 51.8 Å². The van der Waals surface area contributed by atoms with Crippen LogP contribution in [0.2, 0.25) is 0 Å². The second kappa shape index (κ2) is 43.8. The first-order chi connectivity index (χ1) is 63.5. The van der Waals surface area contributed by atoms with E-state index in [1.807, 2.05) is 39.3 Å². The largest absolute Gasteiger partial charge is 0.463 e. The summed E-state index contributed by atoms with van der Waals surface area (Å²) in [6, 6.07) is 6.78. The number of fused-ring (bicyclic) bond motifs is 1. The van der Waals surface area contributed by atoms with E-state index in [1.165, 1.54) is 73.1 Å². The van der Waals surface area contributed by atoms with Gasteiger partial charge in [-0.2, -0.15) is 39.5 Å². The minimum atomic E-state index is -5.65. The van der Waals surface area contributed by atoms with E-state index in [9.17, 15) is 148 Å². The number of carbonyl (C=O) groups excluding carboxylic acids is 9. The van der Waals surface area contributed by atoms with Crippen molar-refractivity contribution >= 4 is 63.7 Å². The third kappa shape index (κ3) is 24.3. The van der Waals surface area contributed by atoms with Crippen molar-refractivity contribution in [3.8, 4) is 17.2 Å². The van der Waals surface area contributed by atoms with Crippen LogP contribution in [-0.4, -0.2) is 99.3 Å². The van der Waals surface area contributed by atoms with Gasteiger partial charge < -0.3 is 42.6 Å². The Balaban J connectivity index is 0.000000231. The molecule has 5 aromatic rings. The van der Waals surface area contributed by atoms with Crippen LogP contribution >= 0.6 is 0 Å². The Morgan fingerprint density at radius 3 is 1.22 bits per heavy atom.